The Hall–Kier alpha value is -2.40. The van der Waals surface area contributed by atoms with E-state index in [4.69, 9.17) is 9.47 Å². The van der Waals surface area contributed by atoms with Gasteiger partial charge in [-0.05, 0) is 36.8 Å². The molecule has 126 valence electrons. The van der Waals surface area contributed by atoms with Crippen molar-refractivity contribution in [2.24, 2.45) is 0 Å². The molecule has 0 N–H and O–H groups in total. The van der Waals surface area contributed by atoms with Crippen LogP contribution in [0.3, 0.4) is 0 Å². The van der Waals surface area contributed by atoms with Crippen LogP contribution in [0.15, 0.2) is 48.5 Å². The van der Waals surface area contributed by atoms with E-state index in [1.165, 1.54) is 12.1 Å². The number of carbonyl (C=O) groups excluding carboxylic acids is 1. The summed E-state index contributed by atoms with van der Waals surface area (Å²) in [6, 6.07) is 13.4. The van der Waals surface area contributed by atoms with Crippen LogP contribution in [0, 0.1) is 5.82 Å². The van der Waals surface area contributed by atoms with Crippen molar-refractivity contribution in [3.05, 3.63) is 65.5 Å². The van der Waals surface area contributed by atoms with Crippen LogP contribution in [0.1, 0.15) is 28.9 Å². The van der Waals surface area contributed by atoms with Gasteiger partial charge in [0.05, 0.1) is 25.3 Å². The number of carbonyl (C=O) groups is 1. The number of ether oxygens (including phenoxy) is 2. The molecular formula is C19H20FNO3. The molecule has 4 nitrogen and oxygen atoms in total. The van der Waals surface area contributed by atoms with Crippen LogP contribution in [0.2, 0.25) is 0 Å². The maximum atomic E-state index is 13.1. The Labute approximate surface area is 140 Å². The van der Waals surface area contributed by atoms with E-state index in [0.717, 1.165) is 5.56 Å². The zero-order chi connectivity index (χ0) is 17.1. The lowest BCUT2D eigenvalue weighted by molar-refractivity contribution is -0.0692. The first-order valence-corrected chi connectivity index (χ1v) is 7.91. The number of rotatable bonds is 3. The molecule has 0 aliphatic carbocycles. The van der Waals surface area contributed by atoms with Gasteiger partial charge >= 0.3 is 0 Å². The van der Waals surface area contributed by atoms with Gasteiger partial charge in [0, 0.05) is 6.54 Å². The van der Waals surface area contributed by atoms with Crippen LogP contribution in [0.5, 0.6) is 5.75 Å². The van der Waals surface area contributed by atoms with Gasteiger partial charge in [0.1, 0.15) is 17.7 Å². The summed E-state index contributed by atoms with van der Waals surface area (Å²) in [6.07, 6.45) is -0.375. The van der Waals surface area contributed by atoms with E-state index in [9.17, 15) is 9.18 Å². The third-order valence-corrected chi connectivity index (χ3v) is 4.13. The predicted octanol–water partition coefficient (Wildman–Crippen LogP) is 3.44. The fraction of sp³-hybridized carbons (Fsp3) is 0.316. The van der Waals surface area contributed by atoms with Crippen molar-refractivity contribution in [2.75, 3.05) is 20.2 Å². The van der Waals surface area contributed by atoms with Crippen LogP contribution in [0.4, 0.5) is 4.39 Å². The molecule has 24 heavy (non-hydrogen) atoms. The molecule has 1 amide bonds. The molecule has 0 spiro atoms. The normalized spacial score (nSPS) is 20.7. The second-order valence-electron chi connectivity index (χ2n) is 5.90. The van der Waals surface area contributed by atoms with E-state index in [-0.39, 0.29) is 23.9 Å². The molecule has 5 heteroatoms. The summed E-state index contributed by atoms with van der Waals surface area (Å²) in [5.74, 6) is 0.180. The smallest absolute Gasteiger partial charge is 0.257 e. The monoisotopic (exact) mass is 329 g/mol. The van der Waals surface area contributed by atoms with Gasteiger partial charge in [-0.15, -0.1) is 0 Å². The molecule has 0 bridgehead atoms. The highest BCUT2D eigenvalue weighted by molar-refractivity contribution is 5.97. The number of morpholine rings is 1. The second kappa shape index (κ2) is 7.01. The third-order valence-electron chi connectivity index (χ3n) is 4.13. The maximum Gasteiger partial charge on any atom is 0.257 e. The van der Waals surface area contributed by atoms with Gasteiger partial charge in [0.15, 0.2) is 0 Å². The molecule has 3 rings (SSSR count). The fourth-order valence-corrected chi connectivity index (χ4v) is 2.97. The highest BCUT2D eigenvalue weighted by atomic mass is 19.1. The lowest BCUT2D eigenvalue weighted by atomic mass is 10.1. The van der Waals surface area contributed by atoms with Gasteiger partial charge < -0.3 is 14.4 Å². The Morgan fingerprint density at radius 3 is 2.58 bits per heavy atom. The summed E-state index contributed by atoms with van der Waals surface area (Å²) in [7, 11) is 1.55. The van der Waals surface area contributed by atoms with E-state index >= 15 is 0 Å². The molecule has 1 heterocycles. The van der Waals surface area contributed by atoms with Crippen LogP contribution in [-0.2, 0) is 4.74 Å². The minimum absolute atomic E-state index is 0.0882. The number of hydrogen-bond acceptors (Lipinski definition) is 3. The molecule has 2 aromatic carbocycles. The molecule has 2 aromatic rings. The number of hydrogen-bond donors (Lipinski definition) is 0. The molecule has 2 atom stereocenters. The Morgan fingerprint density at radius 1 is 1.17 bits per heavy atom. The highest BCUT2D eigenvalue weighted by Gasteiger charge is 2.30. The van der Waals surface area contributed by atoms with E-state index in [1.54, 1.807) is 36.3 Å². The topological polar surface area (TPSA) is 38.8 Å². The molecule has 2 unspecified atom stereocenters. The van der Waals surface area contributed by atoms with Gasteiger partial charge in [-0.1, -0.05) is 24.3 Å². The zero-order valence-corrected chi connectivity index (χ0v) is 13.7. The lowest BCUT2D eigenvalue weighted by Gasteiger charge is -2.37. The largest absolute Gasteiger partial charge is 0.496 e. The molecule has 0 saturated carbocycles. The Bertz CT molecular complexity index is 717. The number of halogens is 1. The number of benzene rings is 2. The molecule has 1 aliphatic rings. The Morgan fingerprint density at radius 2 is 1.88 bits per heavy atom. The van der Waals surface area contributed by atoms with Crippen molar-refractivity contribution >= 4 is 5.91 Å². The quantitative estimate of drug-likeness (QED) is 0.866. The molecule has 1 aliphatic heterocycles. The number of amides is 1. The summed E-state index contributed by atoms with van der Waals surface area (Å²) >= 11 is 0. The first-order valence-electron chi connectivity index (χ1n) is 7.91. The summed E-state index contributed by atoms with van der Waals surface area (Å²) in [5, 5.41) is 0. The molecule has 1 fully saturated rings. The highest BCUT2D eigenvalue weighted by Crippen LogP contribution is 2.28. The molecule has 0 radical (unpaired) electrons. The third kappa shape index (κ3) is 3.41. The lowest BCUT2D eigenvalue weighted by Crippen LogP contribution is -2.46. The summed E-state index contributed by atoms with van der Waals surface area (Å²) in [6.45, 7) is 2.86. The zero-order valence-electron chi connectivity index (χ0n) is 13.7. The second-order valence-corrected chi connectivity index (χ2v) is 5.90. The van der Waals surface area contributed by atoms with Gasteiger partial charge in [0.2, 0.25) is 0 Å². The van der Waals surface area contributed by atoms with Gasteiger partial charge in [-0.2, -0.15) is 0 Å². The van der Waals surface area contributed by atoms with Crippen LogP contribution in [-0.4, -0.2) is 37.1 Å². The predicted molar refractivity (Wildman–Crippen MR) is 88.6 cm³/mol. The number of nitrogens with zero attached hydrogens (tertiary/aromatic N) is 1. The first-order chi connectivity index (χ1) is 11.6. The SMILES string of the molecule is COc1ccccc1C(=O)N1CC(C)OC(c2ccc(F)cc2)C1. The van der Waals surface area contributed by atoms with Crippen molar-refractivity contribution in [2.45, 2.75) is 19.1 Å². The van der Waals surface area contributed by atoms with Crippen molar-refractivity contribution in [1.82, 2.24) is 4.90 Å². The molecular weight excluding hydrogens is 309 g/mol. The van der Waals surface area contributed by atoms with Gasteiger partial charge in [0.25, 0.3) is 5.91 Å². The standard InChI is InChI=1S/C19H20FNO3/c1-13-11-21(19(22)16-5-3-4-6-17(16)23-2)12-18(24-13)14-7-9-15(20)10-8-14/h3-10,13,18H,11-12H2,1-2H3. The van der Waals surface area contributed by atoms with E-state index in [0.29, 0.717) is 24.4 Å². The van der Waals surface area contributed by atoms with E-state index in [1.807, 2.05) is 19.1 Å². The number of para-hydroxylation sites is 1. The van der Waals surface area contributed by atoms with Gasteiger partial charge in [-0.25, -0.2) is 4.39 Å². The van der Waals surface area contributed by atoms with Crippen molar-refractivity contribution in [3.63, 3.8) is 0 Å². The van der Waals surface area contributed by atoms with E-state index in [2.05, 4.69) is 0 Å². The Balaban J connectivity index is 1.82. The summed E-state index contributed by atoms with van der Waals surface area (Å²) in [5.41, 5.74) is 1.40. The van der Waals surface area contributed by atoms with Gasteiger partial charge in [-0.3, -0.25) is 4.79 Å². The van der Waals surface area contributed by atoms with Crippen molar-refractivity contribution in [1.29, 1.82) is 0 Å². The van der Waals surface area contributed by atoms with Crippen molar-refractivity contribution in [3.8, 4) is 5.75 Å². The van der Waals surface area contributed by atoms with Crippen molar-refractivity contribution < 1.29 is 18.7 Å². The minimum atomic E-state index is -0.287. The Kier molecular flexibility index (Phi) is 4.81. The number of methoxy groups -OCH3 is 1. The van der Waals surface area contributed by atoms with Crippen LogP contribution < -0.4 is 4.74 Å². The summed E-state index contributed by atoms with van der Waals surface area (Å²) < 4.78 is 24.3. The average Bonchev–Trinajstić information content (AvgIpc) is 2.61. The maximum absolute atomic E-state index is 13.1. The molecule has 0 aromatic heterocycles. The average molecular weight is 329 g/mol. The first kappa shape index (κ1) is 16.5. The van der Waals surface area contributed by atoms with E-state index < -0.39 is 0 Å². The van der Waals surface area contributed by atoms with Crippen LogP contribution >= 0.6 is 0 Å². The fourth-order valence-electron chi connectivity index (χ4n) is 2.97. The minimum Gasteiger partial charge on any atom is -0.496 e. The molecule has 1 saturated heterocycles. The summed E-state index contributed by atoms with van der Waals surface area (Å²) in [4.78, 5) is 14.7. The van der Waals surface area contributed by atoms with Crippen LogP contribution in [0.25, 0.3) is 0 Å².